The number of aliphatic imine (C=N–C) groups is 1. The predicted molar refractivity (Wildman–Crippen MR) is 49.2 cm³/mol. The Morgan fingerprint density at radius 2 is 2.50 bits per heavy atom. The number of rotatable bonds is 2. The molecule has 2 rings (SSSR count). The summed E-state index contributed by atoms with van der Waals surface area (Å²) in [4.78, 5) is 4.39. The van der Waals surface area contributed by atoms with Crippen LogP contribution in [0.25, 0.3) is 0 Å². The van der Waals surface area contributed by atoms with Gasteiger partial charge < -0.3 is 4.74 Å². The molecule has 0 radical (unpaired) electrons. The van der Waals surface area contributed by atoms with Gasteiger partial charge in [-0.2, -0.15) is 0 Å². The molecule has 0 amide bonds. The van der Waals surface area contributed by atoms with Crippen molar-refractivity contribution in [2.75, 3.05) is 13.7 Å². The number of fused-ring (bicyclic) bond motifs is 1. The fourth-order valence-corrected chi connectivity index (χ4v) is 1.96. The maximum Gasteiger partial charge on any atom is 0.0847 e. The van der Waals surface area contributed by atoms with E-state index in [9.17, 15) is 0 Å². The number of nitrogens with zero attached hydrogens (tertiary/aromatic N) is 1. The van der Waals surface area contributed by atoms with Crippen LogP contribution in [0.1, 0.15) is 13.3 Å². The van der Waals surface area contributed by atoms with Gasteiger partial charge in [-0.15, -0.1) is 0 Å². The van der Waals surface area contributed by atoms with Crippen LogP contribution >= 0.6 is 0 Å². The predicted octanol–water partition coefficient (Wildman–Crippen LogP) is 1.87. The van der Waals surface area contributed by atoms with Gasteiger partial charge in [0.25, 0.3) is 0 Å². The zero-order valence-corrected chi connectivity index (χ0v) is 7.66. The molecule has 0 spiro atoms. The zero-order chi connectivity index (χ0) is 8.55. The number of ether oxygens (including phenoxy) is 1. The molecule has 1 fully saturated rings. The first kappa shape index (κ1) is 7.99. The lowest BCUT2D eigenvalue weighted by molar-refractivity contribution is 0.240. The summed E-state index contributed by atoms with van der Waals surface area (Å²) >= 11 is 0. The van der Waals surface area contributed by atoms with E-state index >= 15 is 0 Å². The number of hydrogen-bond donors (Lipinski definition) is 0. The average Bonchev–Trinajstić information content (AvgIpc) is 2.80. The lowest BCUT2D eigenvalue weighted by Gasteiger charge is -2.11. The molecule has 2 aliphatic rings. The summed E-state index contributed by atoms with van der Waals surface area (Å²) in [6.45, 7) is 2.95. The van der Waals surface area contributed by atoms with Crippen molar-refractivity contribution < 1.29 is 4.74 Å². The maximum atomic E-state index is 5.11. The molecule has 12 heavy (non-hydrogen) atoms. The molecule has 0 aromatic heterocycles. The molecule has 1 heterocycles. The SMILES string of the molecule is COCC1=NC=CC2CC2[C@H]1C. The third kappa shape index (κ3) is 1.31. The van der Waals surface area contributed by atoms with Gasteiger partial charge in [0.2, 0.25) is 0 Å². The molecular formula is C10H15NO. The van der Waals surface area contributed by atoms with Crippen molar-refractivity contribution in [2.24, 2.45) is 22.7 Å². The van der Waals surface area contributed by atoms with Crippen molar-refractivity contribution in [3.8, 4) is 0 Å². The van der Waals surface area contributed by atoms with Crippen LogP contribution < -0.4 is 0 Å². The maximum absolute atomic E-state index is 5.11. The topological polar surface area (TPSA) is 21.6 Å². The highest BCUT2D eigenvalue weighted by Gasteiger charge is 2.41. The quantitative estimate of drug-likeness (QED) is 0.612. The van der Waals surface area contributed by atoms with Crippen molar-refractivity contribution in [3.05, 3.63) is 12.3 Å². The zero-order valence-electron chi connectivity index (χ0n) is 7.66. The standard InChI is InChI=1S/C10H15NO/c1-7-9-5-8(9)3-4-11-10(7)6-12-2/h3-4,7-9H,5-6H2,1-2H3/t7-,8?,9?/m1/s1. The Morgan fingerprint density at radius 1 is 1.67 bits per heavy atom. The van der Waals surface area contributed by atoms with Crippen LogP contribution in [0.15, 0.2) is 17.3 Å². The van der Waals surface area contributed by atoms with E-state index in [1.54, 1.807) is 7.11 Å². The van der Waals surface area contributed by atoms with Gasteiger partial charge in [-0.1, -0.05) is 13.0 Å². The van der Waals surface area contributed by atoms with E-state index in [2.05, 4.69) is 18.0 Å². The number of methoxy groups -OCH3 is 1. The Labute approximate surface area is 73.3 Å². The second-order valence-electron chi connectivity index (χ2n) is 3.75. The van der Waals surface area contributed by atoms with Crippen LogP contribution in [0.3, 0.4) is 0 Å². The van der Waals surface area contributed by atoms with Gasteiger partial charge in [0, 0.05) is 24.9 Å². The summed E-state index contributed by atoms with van der Waals surface area (Å²) < 4.78 is 5.11. The van der Waals surface area contributed by atoms with E-state index in [0.717, 1.165) is 11.8 Å². The molecule has 0 saturated heterocycles. The Morgan fingerprint density at radius 3 is 3.25 bits per heavy atom. The van der Waals surface area contributed by atoms with Crippen molar-refractivity contribution in [1.29, 1.82) is 0 Å². The lowest BCUT2D eigenvalue weighted by atomic mass is 9.99. The highest BCUT2D eigenvalue weighted by Crippen LogP contribution is 2.46. The first-order valence-electron chi connectivity index (χ1n) is 4.55. The van der Waals surface area contributed by atoms with Crippen LogP contribution in [0.5, 0.6) is 0 Å². The molecule has 1 aliphatic carbocycles. The smallest absolute Gasteiger partial charge is 0.0847 e. The fourth-order valence-electron chi connectivity index (χ4n) is 1.96. The molecule has 2 unspecified atom stereocenters. The molecular weight excluding hydrogens is 150 g/mol. The van der Waals surface area contributed by atoms with Crippen LogP contribution in [0, 0.1) is 17.8 Å². The molecule has 0 aromatic carbocycles. The largest absolute Gasteiger partial charge is 0.379 e. The van der Waals surface area contributed by atoms with Gasteiger partial charge in [0.05, 0.1) is 6.61 Å². The van der Waals surface area contributed by atoms with Gasteiger partial charge in [-0.05, 0) is 18.3 Å². The number of hydrogen-bond acceptors (Lipinski definition) is 2. The third-order valence-electron chi connectivity index (χ3n) is 2.92. The molecule has 3 atom stereocenters. The highest BCUT2D eigenvalue weighted by molar-refractivity contribution is 5.89. The van der Waals surface area contributed by atoms with Crippen molar-refractivity contribution in [1.82, 2.24) is 0 Å². The lowest BCUT2D eigenvalue weighted by Crippen LogP contribution is -2.18. The second kappa shape index (κ2) is 3.02. The monoisotopic (exact) mass is 165 g/mol. The summed E-state index contributed by atoms with van der Waals surface area (Å²) in [5.41, 5.74) is 1.21. The normalized spacial score (nSPS) is 38.5. The molecule has 0 bridgehead atoms. The summed E-state index contributed by atoms with van der Waals surface area (Å²) in [6, 6.07) is 0. The number of allylic oxidation sites excluding steroid dienone is 1. The Kier molecular flexibility index (Phi) is 2.01. The molecule has 1 aliphatic heterocycles. The van der Waals surface area contributed by atoms with E-state index in [4.69, 9.17) is 4.74 Å². The van der Waals surface area contributed by atoms with Gasteiger partial charge >= 0.3 is 0 Å². The minimum Gasteiger partial charge on any atom is -0.379 e. The average molecular weight is 165 g/mol. The van der Waals surface area contributed by atoms with Crippen LogP contribution in [0.4, 0.5) is 0 Å². The van der Waals surface area contributed by atoms with Gasteiger partial charge in [-0.25, -0.2) is 0 Å². The van der Waals surface area contributed by atoms with E-state index in [1.165, 1.54) is 12.1 Å². The molecule has 66 valence electrons. The van der Waals surface area contributed by atoms with E-state index in [0.29, 0.717) is 12.5 Å². The molecule has 1 saturated carbocycles. The molecule has 0 N–H and O–H groups in total. The Bertz CT molecular complexity index is 232. The summed E-state index contributed by atoms with van der Waals surface area (Å²) in [6.07, 6.45) is 5.52. The van der Waals surface area contributed by atoms with Crippen LogP contribution in [-0.2, 0) is 4.74 Å². The summed E-state index contributed by atoms with van der Waals surface area (Å²) in [7, 11) is 1.73. The van der Waals surface area contributed by atoms with Gasteiger partial charge in [0.15, 0.2) is 0 Å². The van der Waals surface area contributed by atoms with Crippen molar-refractivity contribution >= 4 is 5.71 Å². The molecule has 2 heteroatoms. The first-order chi connectivity index (χ1) is 5.83. The highest BCUT2D eigenvalue weighted by atomic mass is 16.5. The van der Waals surface area contributed by atoms with Crippen molar-refractivity contribution in [3.63, 3.8) is 0 Å². The Balaban J connectivity index is 2.09. The Hall–Kier alpha value is -0.630. The summed E-state index contributed by atoms with van der Waals surface area (Å²) in [5.74, 6) is 2.26. The summed E-state index contributed by atoms with van der Waals surface area (Å²) in [5, 5.41) is 0. The molecule has 0 aromatic rings. The first-order valence-corrected chi connectivity index (χ1v) is 4.55. The van der Waals surface area contributed by atoms with E-state index in [-0.39, 0.29) is 0 Å². The third-order valence-corrected chi connectivity index (χ3v) is 2.92. The van der Waals surface area contributed by atoms with Crippen LogP contribution in [0.2, 0.25) is 0 Å². The fraction of sp³-hybridized carbons (Fsp3) is 0.700. The van der Waals surface area contributed by atoms with E-state index < -0.39 is 0 Å². The minimum absolute atomic E-state index is 0.616. The van der Waals surface area contributed by atoms with Crippen LogP contribution in [-0.4, -0.2) is 19.4 Å². The second-order valence-corrected chi connectivity index (χ2v) is 3.75. The molecule has 2 nitrogen and oxygen atoms in total. The van der Waals surface area contributed by atoms with Gasteiger partial charge in [-0.3, -0.25) is 4.99 Å². The van der Waals surface area contributed by atoms with Gasteiger partial charge in [0.1, 0.15) is 0 Å². The minimum atomic E-state index is 0.616. The van der Waals surface area contributed by atoms with Crippen molar-refractivity contribution in [2.45, 2.75) is 13.3 Å². The van der Waals surface area contributed by atoms with E-state index in [1.807, 2.05) is 6.20 Å².